The highest BCUT2D eigenvalue weighted by Gasteiger charge is 2.48. The Morgan fingerprint density at radius 3 is 2.79 bits per heavy atom. The maximum absolute atomic E-state index is 12.9. The molecule has 3 nitrogen and oxygen atoms in total. The van der Waals surface area contributed by atoms with Gasteiger partial charge in [0.15, 0.2) is 0 Å². The molecule has 0 spiro atoms. The number of ether oxygens (including phenoxy) is 1. The molecule has 3 rings (SSSR count). The molecule has 0 amide bonds. The molecule has 1 heterocycles. The van der Waals surface area contributed by atoms with Gasteiger partial charge in [-0.2, -0.15) is 0 Å². The molecule has 1 aliphatic heterocycles. The molecule has 2 aliphatic rings. The van der Waals surface area contributed by atoms with E-state index < -0.39 is 5.60 Å². The van der Waals surface area contributed by atoms with Crippen LogP contribution >= 0.6 is 0 Å². The van der Waals surface area contributed by atoms with Crippen molar-refractivity contribution in [2.45, 2.75) is 37.3 Å². The summed E-state index contributed by atoms with van der Waals surface area (Å²) in [4.78, 5) is 0. The van der Waals surface area contributed by atoms with E-state index in [2.05, 4.69) is 5.32 Å². The number of rotatable bonds is 2. The lowest BCUT2D eigenvalue weighted by molar-refractivity contribution is -0.139. The van der Waals surface area contributed by atoms with E-state index in [1.807, 2.05) is 0 Å². The first-order valence-electron chi connectivity index (χ1n) is 7.01. The first kappa shape index (κ1) is 12.9. The Morgan fingerprint density at radius 1 is 1.21 bits per heavy atom. The molecule has 1 saturated heterocycles. The van der Waals surface area contributed by atoms with E-state index in [0.717, 1.165) is 24.9 Å². The van der Waals surface area contributed by atoms with Crippen molar-refractivity contribution in [1.82, 2.24) is 0 Å². The van der Waals surface area contributed by atoms with Gasteiger partial charge >= 0.3 is 0 Å². The quantitative estimate of drug-likeness (QED) is 0.863. The third-order valence-corrected chi connectivity index (χ3v) is 4.48. The first-order chi connectivity index (χ1) is 9.18. The van der Waals surface area contributed by atoms with E-state index in [4.69, 9.17) is 4.74 Å². The van der Waals surface area contributed by atoms with Gasteiger partial charge in [-0.25, -0.2) is 4.39 Å². The van der Waals surface area contributed by atoms with Gasteiger partial charge < -0.3 is 15.2 Å². The highest BCUT2D eigenvalue weighted by molar-refractivity contribution is 5.44. The molecule has 2 N–H and O–H groups in total. The summed E-state index contributed by atoms with van der Waals surface area (Å²) in [5, 5.41) is 14.3. The molecule has 4 heteroatoms. The van der Waals surface area contributed by atoms with Crippen LogP contribution in [0.1, 0.15) is 25.7 Å². The molecule has 1 aromatic rings. The second-order valence-electron chi connectivity index (χ2n) is 5.68. The number of hydrogen-bond acceptors (Lipinski definition) is 3. The average Bonchev–Trinajstić information content (AvgIpc) is 2.42. The number of nitrogens with one attached hydrogen (secondary N) is 1. The summed E-state index contributed by atoms with van der Waals surface area (Å²) in [5.74, 6) is -0.0346. The molecule has 104 valence electrons. The molecule has 0 bridgehead atoms. The van der Waals surface area contributed by atoms with Gasteiger partial charge in [-0.1, -0.05) is 12.8 Å². The van der Waals surface area contributed by atoms with Crippen LogP contribution in [0, 0.1) is 11.7 Å². The summed E-state index contributed by atoms with van der Waals surface area (Å²) in [5.41, 5.74) is 0.139. The van der Waals surface area contributed by atoms with E-state index in [1.54, 1.807) is 12.1 Å². The van der Waals surface area contributed by atoms with Gasteiger partial charge in [0.2, 0.25) is 0 Å². The van der Waals surface area contributed by atoms with Gasteiger partial charge in [0, 0.05) is 11.6 Å². The molecule has 1 aliphatic carbocycles. The van der Waals surface area contributed by atoms with E-state index >= 15 is 0 Å². The van der Waals surface area contributed by atoms with Crippen LogP contribution in [0.5, 0.6) is 0 Å². The number of hydrogen-bond donors (Lipinski definition) is 2. The van der Waals surface area contributed by atoms with E-state index in [9.17, 15) is 9.50 Å². The lowest BCUT2D eigenvalue weighted by Crippen LogP contribution is -2.60. The van der Waals surface area contributed by atoms with Crippen molar-refractivity contribution in [2.24, 2.45) is 5.92 Å². The SMILES string of the molecule is O[C@]12CCCC[C@@H]1COC[C@H]2Nc1ccc(F)cc1. The van der Waals surface area contributed by atoms with Crippen LogP contribution in [0.4, 0.5) is 10.1 Å². The Kier molecular flexibility index (Phi) is 3.46. The molecule has 2 fully saturated rings. The zero-order valence-corrected chi connectivity index (χ0v) is 10.9. The van der Waals surface area contributed by atoms with Crippen LogP contribution < -0.4 is 5.32 Å². The summed E-state index contributed by atoms with van der Waals surface area (Å²) < 4.78 is 18.5. The van der Waals surface area contributed by atoms with Crippen molar-refractivity contribution in [1.29, 1.82) is 0 Å². The van der Waals surface area contributed by atoms with Crippen molar-refractivity contribution < 1.29 is 14.2 Å². The van der Waals surface area contributed by atoms with Gasteiger partial charge in [0.25, 0.3) is 0 Å². The number of anilines is 1. The van der Waals surface area contributed by atoms with Crippen LogP contribution in [0.25, 0.3) is 0 Å². The maximum atomic E-state index is 12.9. The Morgan fingerprint density at radius 2 is 2.00 bits per heavy atom. The molecule has 0 radical (unpaired) electrons. The zero-order valence-electron chi connectivity index (χ0n) is 10.9. The smallest absolute Gasteiger partial charge is 0.123 e. The minimum Gasteiger partial charge on any atom is -0.387 e. The lowest BCUT2D eigenvalue weighted by Gasteiger charge is -2.48. The molecule has 19 heavy (non-hydrogen) atoms. The van der Waals surface area contributed by atoms with Gasteiger partial charge in [0.05, 0.1) is 24.9 Å². The molecule has 0 unspecified atom stereocenters. The zero-order chi connectivity index (χ0) is 13.3. The predicted molar refractivity (Wildman–Crippen MR) is 71.5 cm³/mol. The van der Waals surface area contributed by atoms with Crippen LogP contribution in [0.3, 0.4) is 0 Å². The summed E-state index contributed by atoms with van der Waals surface area (Å²) in [7, 11) is 0. The van der Waals surface area contributed by atoms with Crippen LogP contribution in [-0.4, -0.2) is 30.0 Å². The average molecular weight is 265 g/mol. The molecule has 0 aromatic heterocycles. The number of benzene rings is 1. The molecular weight excluding hydrogens is 245 g/mol. The first-order valence-corrected chi connectivity index (χ1v) is 7.01. The van der Waals surface area contributed by atoms with Gasteiger partial charge in [-0.15, -0.1) is 0 Å². The largest absolute Gasteiger partial charge is 0.387 e. The standard InChI is InChI=1S/C15H20FNO2/c16-12-4-6-13(7-5-12)17-14-10-19-9-11-3-1-2-8-15(11,14)18/h4-7,11,14,17-18H,1-3,8-10H2/t11-,14-,15-/m1/s1. The second-order valence-corrected chi connectivity index (χ2v) is 5.68. The Balaban J connectivity index is 1.77. The number of fused-ring (bicyclic) bond motifs is 1. The van der Waals surface area contributed by atoms with Crippen LogP contribution in [0.2, 0.25) is 0 Å². The molecular formula is C15H20FNO2. The van der Waals surface area contributed by atoms with Crippen molar-refractivity contribution in [3.8, 4) is 0 Å². The highest BCUT2D eigenvalue weighted by atomic mass is 19.1. The third-order valence-electron chi connectivity index (χ3n) is 4.48. The van der Waals surface area contributed by atoms with E-state index in [-0.39, 0.29) is 17.8 Å². The van der Waals surface area contributed by atoms with E-state index in [0.29, 0.717) is 13.2 Å². The van der Waals surface area contributed by atoms with Crippen LogP contribution in [-0.2, 0) is 4.74 Å². The maximum Gasteiger partial charge on any atom is 0.123 e. The number of halogens is 1. The fourth-order valence-electron chi connectivity index (χ4n) is 3.33. The highest BCUT2D eigenvalue weighted by Crippen LogP contribution is 2.40. The fourth-order valence-corrected chi connectivity index (χ4v) is 3.33. The monoisotopic (exact) mass is 265 g/mol. The Bertz CT molecular complexity index is 434. The van der Waals surface area contributed by atoms with Crippen molar-refractivity contribution >= 4 is 5.69 Å². The van der Waals surface area contributed by atoms with Crippen molar-refractivity contribution in [2.75, 3.05) is 18.5 Å². The van der Waals surface area contributed by atoms with Gasteiger partial charge in [-0.05, 0) is 37.1 Å². The summed E-state index contributed by atoms with van der Waals surface area (Å²) in [6.45, 7) is 1.16. The topological polar surface area (TPSA) is 41.5 Å². The Hall–Kier alpha value is -1.13. The summed E-state index contributed by atoms with van der Waals surface area (Å²) in [6.07, 6.45) is 4.08. The van der Waals surface area contributed by atoms with Crippen LogP contribution in [0.15, 0.2) is 24.3 Å². The van der Waals surface area contributed by atoms with Gasteiger partial charge in [0.1, 0.15) is 5.82 Å². The third kappa shape index (κ3) is 2.47. The van der Waals surface area contributed by atoms with Crippen molar-refractivity contribution in [3.63, 3.8) is 0 Å². The summed E-state index contributed by atoms with van der Waals surface area (Å²) in [6, 6.07) is 6.14. The minimum atomic E-state index is -0.690. The number of aliphatic hydroxyl groups is 1. The molecule has 3 atom stereocenters. The van der Waals surface area contributed by atoms with Crippen molar-refractivity contribution in [3.05, 3.63) is 30.1 Å². The minimum absolute atomic E-state index is 0.114. The molecule has 1 aromatic carbocycles. The lowest BCUT2D eigenvalue weighted by atomic mass is 9.70. The second kappa shape index (κ2) is 5.10. The van der Waals surface area contributed by atoms with E-state index in [1.165, 1.54) is 18.6 Å². The Labute approximate surface area is 112 Å². The summed E-state index contributed by atoms with van der Waals surface area (Å²) >= 11 is 0. The fraction of sp³-hybridized carbons (Fsp3) is 0.600. The normalized spacial score (nSPS) is 34.6. The van der Waals surface area contributed by atoms with Gasteiger partial charge in [-0.3, -0.25) is 0 Å². The molecule has 1 saturated carbocycles. The predicted octanol–water partition coefficient (Wildman–Crippen LogP) is 2.56.